The average molecular weight is 354 g/mol. The molecule has 3 nitrogen and oxygen atoms in total. The Kier molecular flexibility index (Phi) is 5.98. The fourth-order valence-electron chi connectivity index (χ4n) is 3.60. The zero-order valence-corrected chi connectivity index (χ0v) is 16.2. The zero-order valence-electron chi connectivity index (χ0n) is 16.2. The summed E-state index contributed by atoms with van der Waals surface area (Å²) in [6.45, 7) is 6.88. The van der Waals surface area contributed by atoms with Crippen LogP contribution >= 0.6 is 0 Å². The number of carbonyl (C=O) groups excluding carboxylic acids is 1. The molecule has 0 bridgehead atoms. The van der Waals surface area contributed by atoms with Crippen LogP contribution in [0.15, 0.2) is 47.6 Å². The Labute approximate surface area is 157 Å². The third-order valence-corrected chi connectivity index (χ3v) is 5.11. The van der Waals surface area contributed by atoms with Crippen molar-refractivity contribution in [3.8, 4) is 0 Å². The summed E-state index contributed by atoms with van der Waals surface area (Å²) in [4.78, 5) is 12.2. The maximum atomic E-state index is 12.2. The molecule has 0 spiro atoms. The summed E-state index contributed by atoms with van der Waals surface area (Å²) < 4.78 is 11.5. The molecule has 0 saturated carbocycles. The van der Waals surface area contributed by atoms with Gasteiger partial charge in [0.1, 0.15) is 12.7 Å². The molecule has 0 aromatic heterocycles. The lowest BCUT2D eigenvalue weighted by Crippen LogP contribution is -2.20. The van der Waals surface area contributed by atoms with Crippen LogP contribution in [0, 0.1) is 5.41 Å². The van der Waals surface area contributed by atoms with Crippen molar-refractivity contribution in [1.29, 1.82) is 0 Å². The third kappa shape index (κ3) is 4.85. The summed E-state index contributed by atoms with van der Waals surface area (Å²) in [6.07, 6.45) is 9.30. The molecular weight excluding hydrogens is 324 g/mol. The van der Waals surface area contributed by atoms with Crippen molar-refractivity contribution in [1.82, 2.24) is 0 Å². The molecule has 0 N–H and O–H groups in total. The summed E-state index contributed by atoms with van der Waals surface area (Å²) in [5.74, 6) is -0.274. The Morgan fingerprint density at radius 3 is 2.77 bits per heavy atom. The van der Waals surface area contributed by atoms with Gasteiger partial charge in [-0.1, -0.05) is 57.2 Å². The molecule has 0 unspecified atom stereocenters. The first kappa shape index (κ1) is 18.9. The van der Waals surface area contributed by atoms with Gasteiger partial charge in [0.2, 0.25) is 0 Å². The van der Waals surface area contributed by atoms with E-state index < -0.39 is 0 Å². The Hall–Kier alpha value is -1.87. The minimum atomic E-state index is -0.274. The molecule has 1 atom stereocenters. The van der Waals surface area contributed by atoms with E-state index in [9.17, 15) is 4.79 Å². The van der Waals surface area contributed by atoms with Crippen molar-refractivity contribution in [3.63, 3.8) is 0 Å². The maximum Gasteiger partial charge on any atom is 0.332 e. The first-order valence-electron chi connectivity index (χ1n) is 9.67. The van der Waals surface area contributed by atoms with Crippen LogP contribution in [0.1, 0.15) is 63.7 Å². The number of allylic oxidation sites excluding steroid dienone is 3. The number of carbonyl (C=O) groups is 1. The van der Waals surface area contributed by atoms with Gasteiger partial charge in [-0.2, -0.15) is 0 Å². The van der Waals surface area contributed by atoms with Crippen LogP contribution in [0.25, 0.3) is 0 Å². The third-order valence-electron chi connectivity index (χ3n) is 5.11. The molecule has 1 aromatic rings. The van der Waals surface area contributed by atoms with Crippen LogP contribution in [-0.2, 0) is 20.7 Å². The predicted molar refractivity (Wildman–Crippen MR) is 104 cm³/mol. The van der Waals surface area contributed by atoms with Gasteiger partial charge >= 0.3 is 5.97 Å². The first-order valence-corrected chi connectivity index (χ1v) is 9.67. The van der Waals surface area contributed by atoms with E-state index in [4.69, 9.17) is 9.47 Å². The Bertz CT molecular complexity index is 706. The van der Waals surface area contributed by atoms with E-state index in [1.165, 1.54) is 22.3 Å². The highest BCUT2D eigenvalue weighted by Gasteiger charge is 2.27. The highest BCUT2D eigenvalue weighted by Crippen LogP contribution is 2.40. The fraction of sp³-hybridized carbons (Fsp3) is 0.522. The second-order valence-electron chi connectivity index (χ2n) is 8.41. The van der Waals surface area contributed by atoms with Crippen LogP contribution in [0.2, 0.25) is 0 Å². The number of ether oxygens (including phenoxy) is 2. The lowest BCUT2D eigenvalue weighted by Gasteiger charge is -2.24. The zero-order chi connectivity index (χ0) is 18.6. The molecule has 1 aromatic carbocycles. The van der Waals surface area contributed by atoms with Crippen molar-refractivity contribution in [2.75, 3.05) is 13.2 Å². The lowest BCUT2D eigenvalue weighted by molar-refractivity contribution is -0.151. The van der Waals surface area contributed by atoms with Gasteiger partial charge in [0, 0.05) is 0 Å². The van der Waals surface area contributed by atoms with Gasteiger partial charge in [-0.15, -0.1) is 0 Å². The van der Waals surface area contributed by atoms with E-state index in [1.807, 2.05) is 0 Å². The summed E-state index contributed by atoms with van der Waals surface area (Å²) in [7, 11) is 0. The minimum Gasteiger partial charge on any atom is -0.464 e. The topological polar surface area (TPSA) is 35.5 Å². The van der Waals surface area contributed by atoms with Gasteiger partial charge in [0.15, 0.2) is 0 Å². The molecule has 0 aliphatic heterocycles. The smallest absolute Gasteiger partial charge is 0.332 e. The molecule has 26 heavy (non-hydrogen) atoms. The fourth-order valence-corrected chi connectivity index (χ4v) is 3.60. The molecule has 0 saturated heterocycles. The van der Waals surface area contributed by atoms with E-state index in [0.717, 1.165) is 32.1 Å². The quantitative estimate of drug-likeness (QED) is 0.672. The van der Waals surface area contributed by atoms with Crippen LogP contribution in [-0.4, -0.2) is 19.2 Å². The van der Waals surface area contributed by atoms with E-state index >= 15 is 0 Å². The van der Waals surface area contributed by atoms with Crippen LogP contribution < -0.4 is 0 Å². The molecule has 3 heteroatoms. The number of hydrogen-bond acceptors (Lipinski definition) is 3. The Morgan fingerprint density at radius 2 is 1.96 bits per heavy atom. The summed E-state index contributed by atoms with van der Waals surface area (Å²) in [5.41, 5.74) is 5.39. The van der Waals surface area contributed by atoms with Gasteiger partial charge in [-0.05, 0) is 59.8 Å². The normalized spacial score (nSPS) is 19.6. The van der Waals surface area contributed by atoms with Gasteiger partial charge in [0.05, 0.1) is 6.61 Å². The molecule has 0 radical (unpaired) electrons. The van der Waals surface area contributed by atoms with Crippen molar-refractivity contribution in [2.24, 2.45) is 5.41 Å². The molecule has 140 valence electrons. The molecule has 0 fully saturated rings. The van der Waals surface area contributed by atoms with Crippen molar-refractivity contribution in [3.05, 3.63) is 58.7 Å². The Morgan fingerprint density at radius 1 is 1.15 bits per heavy atom. The summed E-state index contributed by atoms with van der Waals surface area (Å²) in [5, 5.41) is 0. The van der Waals surface area contributed by atoms with Crippen LogP contribution in [0.5, 0.6) is 0 Å². The van der Waals surface area contributed by atoms with E-state index in [2.05, 4.69) is 57.2 Å². The number of benzene rings is 1. The maximum absolute atomic E-state index is 12.2. The van der Waals surface area contributed by atoms with Crippen molar-refractivity contribution in [2.45, 2.75) is 59.0 Å². The monoisotopic (exact) mass is 354 g/mol. The van der Waals surface area contributed by atoms with E-state index in [1.54, 1.807) is 0 Å². The highest BCUT2D eigenvalue weighted by molar-refractivity contribution is 5.70. The average Bonchev–Trinajstić information content (AvgIpc) is 2.76. The highest BCUT2D eigenvalue weighted by atomic mass is 16.6. The minimum absolute atomic E-state index is 0.00361. The second-order valence-corrected chi connectivity index (χ2v) is 8.41. The second kappa shape index (κ2) is 8.22. The number of aryl methyl sites for hydroxylation is 1. The largest absolute Gasteiger partial charge is 0.464 e. The molecule has 2 aliphatic rings. The predicted octanol–water partition coefficient (Wildman–Crippen LogP) is 5.32. The summed E-state index contributed by atoms with van der Waals surface area (Å²) in [6, 6.07) is 8.45. The van der Waals surface area contributed by atoms with Crippen molar-refractivity contribution < 1.29 is 14.3 Å². The van der Waals surface area contributed by atoms with Gasteiger partial charge < -0.3 is 9.47 Å². The number of rotatable bonds is 5. The molecular formula is C23H30O3. The molecule has 2 aliphatic carbocycles. The van der Waals surface area contributed by atoms with Gasteiger partial charge in [0.25, 0.3) is 0 Å². The standard InChI is InChI=1S/C23H30O3/c1-23(2,3)14-15-25-21(24)16-26-22-19-10-6-4-8-17(19)12-13-18-9-5-7-11-20(18)22/h4-6,8-10,22H,7,11-16H2,1-3H3/t22-/m1/s1. The van der Waals surface area contributed by atoms with E-state index in [-0.39, 0.29) is 24.1 Å². The van der Waals surface area contributed by atoms with Crippen molar-refractivity contribution >= 4 is 5.97 Å². The number of hydrogen-bond donors (Lipinski definition) is 0. The first-order chi connectivity index (χ1) is 12.4. The summed E-state index contributed by atoms with van der Waals surface area (Å²) >= 11 is 0. The van der Waals surface area contributed by atoms with E-state index in [0.29, 0.717) is 6.61 Å². The van der Waals surface area contributed by atoms with Crippen LogP contribution in [0.3, 0.4) is 0 Å². The van der Waals surface area contributed by atoms with Gasteiger partial charge in [-0.3, -0.25) is 0 Å². The van der Waals surface area contributed by atoms with Gasteiger partial charge in [-0.25, -0.2) is 4.79 Å². The molecule has 3 rings (SSSR count). The Balaban J connectivity index is 1.69. The van der Waals surface area contributed by atoms with Crippen LogP contribution in [0.4, 0.5) is 0 Å². The molecule has 0 amide bonds. The molecule has 0 heterocycles. The number of esters is 1. The SMILES string of the molecule is CC(C)(C)CCOC(=O)CO[C@H]1C2=C(C=CCC2)CCc2ccccc21. The number of fused-ring (bicyclic) bond motifs is 1. The lowest BCUT2D eigenvalue weighted by atomic mass is 9.90.